The van der Waals surface area contributed by atoms with E-state index in [4.69, 9.17) is 4.74 Å². The molecule has 0 N–H and O–H groups in total. The summed E-state index contributed by atoms with van der Waals surface area (Å²) in [6.45, 7) is 6.56. The molecule has 0 heterocycles. The second-order valence-electron chi connectivity index (χ2n) is 1.96. The van der Waals surface area contributed by atoms with Crippen LogP contribution in [0.2, 0.25) is 0 Å². The van der Waals surface area contributed by atoms with Crippen LogP contribution in [0, 0.1) is 0 Å². The van der Waals surface area contributed by atoms with Crippen LogP contribution in [0.1, 0.15) is 13.3 Å². The minimum Gasteiger partial charge on any atom is -0.501 e. The SMILES string of the molecule is C=CCC=COCCSCC. The summed E-state index contributed by atoms with van der Waals surface area (Å²) < 4.78 is 5.19. The molecule has 2 heteroatoms. The first-order valence-corrected chi connectivity index (χ1v) is 5.02. The van der Waals surface area contributed by atoms with Gasteiger partial charge in [0, 0.05) is 5.75 Å². The number of hydrogen-bond donors (Lipinski definition) is 0. The first-order chi connectivity index (χ1) is 5.41. The van der Waals surface area contributed by atoms with E-state index in [1.165, 1.54) is 5.75 Å². The lowest BCUT2D eigenvalue weighted by molar-refractivity contribution is 0.272. The van der Waals surface area contributed by atoms with Gasteiger partial charge in [0.25, 0.3) is 0 Å². The Morgan fingerprint density at radius 2 is 2.36 bits per heavy atom. The fourth-order valence-electron chi connectivity index (χ4n) is 0.539. The fraction of sp³-hybridized carbons (Fsp3) is 0.556. The number of rotatable bonds is 7. The van der Waals surface area contributed by atoms with Gasteiger partial charge in [-0.15, -0.1) is 6.58 Å². The maximum absolute atomic E-state index is 5.19. The van der Waals surface area contributed by atoms with Crippen molar-refractivity contribution in [3.8, 4) is 0 Å². The zero-order valence-electron chi connectivity index (χ0n) is 7.08. The Kier molecular flexibility index (Phi) is 9.31. The predicted octanol–water partition coefficient (Wildman–Crippen LogP) is 2.85. The molecule has 0 aliphatic heterocycles. The van der Waals surface area contributed by atoms with E-state index >= 15 is 0 Å². The van der Waals surface area contributed by atoms with Crippen LogP contribution < -0.4 is 0 Å². The molecule has 0 bridgehead atoms. The van der Waals surface area contributed by atoms with Crippen molar-refractivity contribution >= 4 is 11.8 Å². The van der Waals surface area contributed by atoms with E-state index in [2.05, 4.69) is 13.5 Å². The number of allylic oxidation sites excluding steroid dienone is 2. The molecule has 1 nitrogen and oxygen atoms in total. The number of thioether (sulfide) groups is 1. The summed E-state index contributed by atoms with van der Waals surface area (Å²) in [5, 5.41) is 0. The highest BCUT2D eigenvalue weighted by Crippen LogP contribution is 1.97. The standard InChI is InChI=1S/C9H16OS/c1-3-5-6-7-10-8-9-11-4-2/h3,6-7H,1,4-5,8-9H2,2H3. The second kappa shape index (κ2) is 9.63. The van der Waals surface area contributed by atoms with Gasteiger partial charge in [0.15, 0.2) is 0 Å². The molecule has 0 unspecified atom stereocenters. The predicted molar refractivity (Wildman–Crippen MR) is 52.9 cm³/mol. The van der Waals surface area contributed by atoms with Gasteiger partial charge >= 0.3 is 0 Å². The van der Waals surface area contributed by atoms with Crippen molar-refractivity contribution < 1.29 is 4.74 Å². The van der Waals surface area contributed by atoms with Crippen LogP contribution in [-0.4, -0.2) is 18.1 Å². The largest absolute Gasteiger partial charge is 0.501 e. The fourth-order valence-corrected chi connectivity index (χ4v) is 1.04. The summed E-state index contributed by atoms with van der Waals surface area (Å²) in [5.74, 6) is 2.24. The molecule has 0 radical (unpaired) electrons. The van der Waals surface area contributed by atoms with Crippen molar-refractivity contribution in [1.82, 2.24) is 0 Å². The van der Waals surface area contributed by atoms with Crippen LogP contribution in [0.15, 0.2) is 25.0 Å². The van der Waals surface area contributed by atoms with Crippen molar-refractivity contribution in [2.75, 3.05) is 18.1 Å². The van der Waals surface area contributed by atoms with Gasteiger partial charge in [-0.3, -0.25) is 0 Å². The molecule has 0 saturated carbocycles. The minimum absolute atomic E-state index is 0.812. The van der Waals surface area contributed by atoms with Gasteiger partial charge < -0.3 is 4.74 Å². The third-order valence-electron chi connectivity index (χ3n) is 1.04. The highest BCUT2D eigenvalue weighted by Gasteiger charge is 1.82. The van der Waals surface area contributed by atoms with Crippen molar-refractivity contribution in [1.29, 1.82) is 0 Å². The van der Waals surface area contributed by atoms with E-state index in [0.29, 0.717) is 0 Å². The lowest BCUT2D eigenvalue weighted by Gasteiger charge is -1.97. The summed E-state index contributed by atoms with van der Waals surface area (Å²) in [6, 6.07) is 0. The third-order valence-corrected chi connectivity index (χ3v) is 1.91. The third kappa shape index (κ3) is 9.63. The van der Waals surface area contributed by atoms with Crippen molar-refractivity contribution in [3.63, 3.8) is 0 Å². The van der Waals surface area contributed by atoms with E-state index in [0.717, 1.165) is 18.8 Å². The summed E-state index contributed by atoms with van der Waals surface area (Å²) in [4.78, 5) is 0. The molecule has 0 aromatic carbocycles. The molecular formula is C9H16OS. The van der Waals surface area contributed by atoms with Crippen LogP contribution in [0.5, 0.6) is 0 Å². The Hall–Kier alpha value is -0.370. The smallest absolute Gasteiger partial charge is 0.0963 e. The maximum Gasteiger partial charge on any atom is 0.0963 e. The Labute approximate surface area is 73.5 Å². The van der Waals surface area contributed by atoms with Gasteiger partial charge in [-0.2, -0.15) is 11.8 Å². The van der Waals surface area contributed by atoms with Crippen LogP contribution >= 0.6 is 11.8 Å². The van der Waals surface area contributed by atoms with E-state index < -0.39 is 0 Å². The quantitative estimate of drug-likeness (QED) is 0.332. The van der Waals surface area contributed by atoms with Gasteiger partial charge in [0.05, 0.1) is 12.9 Å². The molecular weight excluding hydrogens is 156 g/mol. The van der Waals surface area contributed by atoms with Gasteiger partial charge in [-0.05, 0) is 18.2 Å². The van der Waals surface area contributed by atoms with E-state index in [9.17, 15) is 0 Å². The van der Waals surface area contributed by atoms with E-state index in [1.807, 2.05) is 23.9 Å². The van der Waals surface area contributed by atoms with E-state index in [1.54, 1.807) is 6.26 Å². The zero-order chi connectivity index (χ0) is 8.36. The molecule has 0 aliphatic rings. The Bertz CT molecular complexity index is 110. The molecule has 0 fully saturated rings. The van der Waals surface area contributed by atoms with Gasteiger partial charge in [-0.1, -0.05) is 13.0 Å². The van der Waals surface area contributed by atoms with E-state index in [-0.39, 0.29) is 0 Å². The monoisotopic (exact) mass is 172 g/mol. The van der Waals surface area contributed by atoms with Crippen LogP contribution in [0.3, 0.4) is 0 Å². The molecule has 0 aromatic heterocycles. The topological polar surface area (TPSA) is 9.23 Å². The average molecular weight is 172 g/mol. The van der Waals surface area contributed by atoms with Crippen LogP contribution in [0.25, 0.3) is 0 Å². The summed E-state index contributed by atoms with van der Waals surface area (Å²) in [5.41, 5.74) is 0. The molecule has 11 heavy (non-hydrogen) atoms. The van der Waals surface area contributed by atoms with Crippen molar-refractivity contribution in [2.24, 2.45) is 0 Å². The van der Waals surface area contributed by atoms with Gasteiger partial charge in [-0.25, -0.2) is 0 Å². The van der Waals surface area contributed by atoms with Crippen LogP contribution in [-0.2, 0) is 4.74 Å². The van der Waals surface area contributed by atoms with Crippen LogP contribution in [0.4, 0.5) is 0 Å². The molecule has 0 atom stereocenters. The Balaban J connectivity index is 2.94. The molecule has 64 valence electrons. The van der Waals surface area contributed by atoms with Gasteiger partial charge in [0.2, 0.25) is 0 Å². The Morgan fingerprint density at radius 1 is 1.55 bits per heavy atom. The molecule has 0 aromatic rings. The molecule has 0 spiro atoms. The number of ether oxygens (including phenoxy) is 1. The molecule has 0 aliphatic carbocycles. The first kappa shape index (κ1) is 10.6. The Morgan fingerprint density at radius 3 is 3.00 bits per heavy atom. The first-order valence-electron chi connectivity index (χ1n) is 3.87. The normalized spacial score (nSPS) is 10.3. The molecule has 0 amide bonds. The molecule has 0 rings (SSSR count). The zero-order valence-corrected chi connectivity index (χ0v) is 7.90. The van der Waals surface area contributed by atoms with Crippen molar-refractivity contribution in [3.05, 3.63) is 25.0 Å². The molecule has 0 saturated heterocycles. The average Bonchev–Trinajstić information content (AvgIpc) is 2.03. The summed E-state index contributed by atoms with van der Waals surface area (Å²) in [6.07, 6.45) is 6.45. The lowest BCUT2D eigenvalue weighted by Crippen LogP contribution is -1.90. The summed E-state index contributed by atoms with van der Waals surface area (Å²) >= 11 is 1.89. The number of hydrogen-bond acceptors (Lipinski definition) is 2. The van der Waals surface area contributed by atoms with Gasteiger partial charge in [0.1, 0.15) is 0 Å². The van der Waals surface area contributed by atoms with Crippen molar-refractivity contribution in [2.45, 2.75) is 13.3 Å². The highest BCUT2D eigenvalue weighted by molar-refractivity contribution is 7.99. The highest BCUT2D eigenvalue weighted by atomic mass is 32.2. The lowest BCUT2D eigenvalue weighted by atomic mass is 10.4. The maximum atomic E-state index is 5.19. The second-order valence-corrected chi connectivity index (χ2v) is 3.36. The summed E-state index contributed by atoms with van der Waals surface area (Å²) in [7, 11) is 0. The minimum atomic E-state index is 0.812.